The van der Waals surface area contributed by atoms with Crippen molar-refractivity contribution in [3.05, 3.63) is 59.7 Å². The van der Waals surface area contributed by atoms with Gasteiger partial charge in [-0.05, 0) is 37.1 Å². The fraction of sp³-hybridized carbons (Fsp3) is 0.250. The number of benzene rings is 2. The number of hydrogen-bond acceptors (Lipinski definition) is 5. The van der Waals surface area contributed by atoms with Crippen molar-refractivity contribution in [2.45, 2.75) is 20.3 Å². The zero-order valence-electron chi connectivity index (χ0n) is 14.3. The minimum Gasteiger partial charge on any atom is -0.466 e. The van der Waals surface area contributed by atoms with E-state index in [2.05, 4.69) is 0 Å². The zero-order valence-corrected chi connectivity index (χ0v) is 14.3. The van der Waals surface area contributed by atoms with Crippen LogP contribution in [0.5, 0.6) is 0 Å². The SMILES string of the molecule is CCOC(=O)CC(=O)c1ccccc1-c1ccc(C(=O)OCC)cc1. The molecule has 0 aliphatic rings. The molecule has 0 radical (unpaired) electrons. The molecule has 0 spiro atoms. The molecular weight excluding hydrogens is 320 g/mol. The number of esters is 2. The van der Waals surface area contributed by atoms with Gasteiger partial charge in [0.25, 0.3) is 0 Å². The van der Waals surface area contributed by atoms with Crippen molar-refractivity contribution in [1.82, 2.24) is 0 Å². The molecule has 0 aromatic heterocycles. The number of carbonyl (C=O) groups is 3. The van der Waals surface area contributed by atoms with Crippen LogP contribution in [0.25, 0.3) is 11.1 Å². The lowest BCUT2D eigenvalue weighted by molar-refractivity contribution is -0.141. The van der Waals surface area contributed by atoms with Crippen LogP contribution in [0.15, 0.2) is 48.5 Å². The van der Waals surface area contributed by atoms with Crippen molar-refractivity contribution >= 4 is 17.7 Å². The monoisotopic (exact) mass is 340 g/mol. The maximum atomic E-state index is 12.4. The second kappa shape index (κ2) is 8.78. The normalized spacial score (nSPS) is 10.2. The number of ketones is 1. The van der Waals surface area contributed by atoms with E-state index in [9.17, 15) is 14.4 Å². The third kappa shape index (κ3) is 4.76. The van der Waals surface area contributed by atoms with Crippen molar-refractivity contribution in [3.63, 3.8) is 0 Å². The topological polar surface area (TPSA) is 69.7 Å². The van der Waals surface area contributed by atoms with E-state index in [0.29, 0.717) is 23.3 Å². The van der Waals surface area contributed by atoms with Gasteiger partial charge in [0.05, 0.1) is 18.8 Å². The number of ether oxygens (including phenoxy) is 2. The van der Waals surface area contributed by atoms with Gasteiger partial charge in [0, 0.05) is 5.56 Å². The van der Waals surface area contributed by atoms with E-state index in [4.69, 9.17) is 9.47 Å². The lowest BCUT2D eigenvalue weighted by Crippen LogP contribution is -2.12. The van der Waals surface area contributed by atoms with Crippen LogP contribution in [0.4, 0.5) is 0 Å². The van der Waals surface area contributed by atoms with Crippen LogP contribution in [0, 0.1) is 0 Å². The molecule has 25 heavy (non-hydrogen) atoms. The Hall–Kier alpha value is -2.95. The molecule has 0 heterocycles. The first-order chi connectivity index (χ1) is 12.1. The molecular formula is C20H20O5. The quantitative estimate of drug-likeness (QED) is 0.437. The minimum absolute atomic E-state index is 0.239. The minimum atomic E-state index is -0.542. The van der Waals surface area contributed by atoms with Gasteiger partial charge < -0.3 is 9.47 Å². The predicted molar refractivity (Wildman–Crippen MR) is 93.4 cm³/mol. The second-order valence-electron chi connectivity index (χ2n) is 5.25. The number of Topliss-reactive ketones (excluding diaryl/α,β-unsaturated/α-hetero) is 1. The van der Waals surface area contributed by atoms with E-state index in [1.807, 2.05) is 6.07 Å². The highest BCUT2D eigenvalue weighted by Crippen LogP contribution is 2.25. The lowest BCUT2D eigenvalue weighted by Gasteiger charge is -2.09. The van der Waals surface area contributed by atoms with Gasteiger partial charge in [0.1, 0.15) is 6.42 Å². The van der Waals surface area contributed by atoms with E-state index in [1.54, 1.807) is 56.3 Å². The summed E-state index contributed by atoms with van der Waals surface area (Å²) >= 11 is 0. The Morgan fingerprint density at radius 1 is 0.840 bits per heavy atom. The summed E-state index contributed by atoms with van der Waals surface area (Å²) in [5, 5.41) is 0. The van der Waals surface area contributed by atoms with Gasteiger partial charge in [0.2, 0.25) is 0 Å². The Bertz CT molecular complexity index is 762. The molecule has 0 amide bonds. The largest absolute Gasteiger partial charge is 0.466 e. The highest BCUT2D eigenvalue weighted by atomic mass is 16.5. The fourth-order valence-corrected chi connectivity index (χ4v) is 2.42. The summed E-state index contributed by atoms with van der Waals surface area (Å²) in [4.78, 5) is 35.7. The van der Waals surface area contributed by atoms with Gasteiger partial charge in [-0.2, -0.15) is 0 Å². The Balaban J connectivity index is 2.27. The Morgan fingerprint density at radius 3 is 2.12 bits per heavy atom. The van der Waals surface area contributed by atoms with Crippen LogP contribution >= 0.6 is 0 Å². The average molecular weight is 340 g/mol. The molecule has 0 N–H and O–H groups in total. The number of hydrogen-bond donors (Lipinski definition) is 0. The van der Waals surface area contributed by atoms with Gasteiger partial charge >= 0.3 is 11.9 Å². The Morgan fingerprint density at radius 2 is 1.48 bits per heavy atom. The molecule has 0 unspecified atom stereocenters. The summed E-state index contributed by atoms with van der Waals surface area (Å²) in [6, 6.07) is 13.9. The third-order valence-electron chi connectivity index (χ3n) is 3.54. The van der Waals surface area contributed by atoms with Crippen molar-refractivity contribution in [2.75, 3.05) is 13.2 Å². The second-order valence-corrected chi connectivity index (χ2v) is 5.25. The summed E-state index contributed by atoms with van der Waals surface area (Å²) in [5.74, 6) is -1.23. The molecule has 130 valence electrons. The summed E-state index contributed by atoms with van der Waals surface area (Å²) in [7, 11) is 0. The molecule has 5 heteroatoms. The van der Waals surface area contributed by atoms with Crippen molar-refractivity contribution in [2.24, 2.45) is 0 Å². The molecule has 0 atom stereocenters. The van der Waals surface area contributed by atoms with Gasteiger partial charge in [0.15, 0.2) is 5.78 Å². The van der Waals surface area contributed by atoms with E-state index in [0.717, 1.165) is 5.56 Å². The summed E-state index contributed by atoms with van der Waals surface area (Å²) < 4.78 is 9.79. The molecule has 2 aromatic carbocycles. The molecule has 0 bridgehead atoms. The van der Waals surface area contributed by atoms with E-state index in [-0.39, 0.29) is 24.8 Å². The summed E-state index contributed by atoms with van der Waals surface area (Å²) in [6.45, 7) is 3.99. The summed E-state index contributed by atoms with van der Waals surface area (Å²) in [6.07, 6.45) is -0.300. The highest BCUT2D eigenvalue weighted by Gasteiger charge is 2.17. The molecule has 2 rings (SSSR count). The number of rotatable bonds is 7. The highest BCUT2D eigenvalue weighted by molar-refractivity contribution is 6.09. The molecule has 2 aromatic rings. The van der Waals surface area contributed by atoms with E-state index < -0.39 is 5.97 Å². The molecule has 0 aliphatic carbocycles. The first-order valence-electron chi connectivity index (χ1n) is 8.12. The van der Waals surface area contributed by atoms with Gasteiger partial charge in [-0.25, -0.2) is 4.79 Å². The molecule has 5 nitrogen and oxygen atoms in total. The van der Waals surface area contributed by atoms with Crippen LogP contribution in [0.1, 0.15) is 41.0 Å². The van der Waals surface area contributed by atoms with Gasteiger partial charge in [-0.3, -0.25) is 9.59 Å². The standard InChI is InChI=1S/C20H20O5/c1-3-24-19(22)13-18(21)17-8-6-5-7-16(17)14-9-11-15(12-10-14)20(23)25-4-2/h5-12H,3-4,13H2,1-2H3. The predicted octanol–water partition coefficient (Wildman–Crippen LogP) is 3.67. The fourth-order valence-electron chi connectivity index (χ4n) is 2.42. The molecule has 0 fully saturated rings. The van der Waals surface area contributed by atoms with Crippen molar-refractivity contribution < 1.29 is 23.9 Å². The van der Waals surface area contributed by atoms with Crippen LogP contribution in [0.3, 0.4) is 0 Å². The third-order valence-corrected chi connectivity index (χ3v) is 3.54. The van der Waals surface area contributed by atoms with Crippen LogP contribution < -0.4 is 0 Å². The molecule has 0 saturated heterocycles. The van der Waals surface area contributed by atoms with Crippen LogP contribution in [0.2, 0.25) is 0 Å². The lowest BCUT2D eigenvalue weighted by atomic mass is 9.95. The van der Waals surface area contributed by atoms with Gasteiger partial charge in [-0.1, -0.05) is 36.4 Å². The molecule has 0 saturated carbocycles. The van der Waals surface area contributed by atoms with Crippen molar-refractivity contribution in [3.8, 4) is 11.1 Å². The van der Waals surface area contributed by atoms with Crippen LogP contribution in [-0.2, 0) is 14.3 Å². The van der Waals surface area contributed by atoms with Crippen LogP contribution in [-0.4, -0.2) is 30.9 Å². The van der Waals surface area contributed by atoms with E-state index >= 15 is 0 Å². The van der Waals surface area contributed by atoms with Gasteiger partial charge in [-0.15, -0.1) is 0 Å². The molecule has 0 aliphatic heterocycles. The summed E-state index contributed by atoms with van der Waals surface area (Å²) in [5.41, 5.74) is 2.37. The maximum absolute atomic E-state index is 12.4. The maximum Gasteiger partial charge on any atom is 0.338 e. The Labute approximate surface area is 146 Å². The zero-order chi connectivity index (χ0) is 18.2. The van der Waals surface area contributed by atoms with E-state index in [1.165, 1.54) is 0 Å². The Kier molecular flexibility index (Phi) is 6.46. The first kappa shape index (κ1) is 18.4. The average Bonchev–Trinajstić information content (AvgIpc) is 2.62. The first-order valence-corrected chi connectivity index (χ1v) is 8.12. The number of carbonyl (C=O) groups excluding carboxylic acids is 3. The smallest absolute Gasteiger partial charge is 0.338 e. The van der Waals surface area contributed by atoms with Crippen molar-refractivity contribution in [1.29, 1.82) is 0 Å².